The van der Waals surface area contributed by atoms with E-state index in [-0.39, 0.29) is 48.7 Å². The number of ether oxygens (including phenoxy) is 3. The van der Waals surface area contributed by atoms with Crippen LogP contribution in [0.25, 0.3) is 0 Å². The number of carbonyl (C=O) groups excluding carboxylic acids is 3. The number of unbranched alkanes of at least 4 members (excludes halogenated alkanes) is 1. The summed E-state index contributed by atoms with van der Waals surface area (Å²) < 4.78 is 18.3. The summed E-state index contributed by atoms with van der Waals surface area (Å²) in [7, 11) is 0. The second-order valence-electron chi connectivity index (χ2n) is 15.2. The summed E-state index contributed by atoms with van der Waals surface area (Å²) in [5.41, 5.74) is 2.34. The highest BCUT2D eigenvalue weighted by molar-refractivity contribution is 5.88. The van der Waals surface area contributed by atoms with E-state index in [9.17, 15) is 34.8 Å². The Labute approximate surface area is 304 Å². The zero-order valence-corrected chi connectivity index (χ0v) is 31.5. The molecule has 3 heterocycles. The largest absolute Gasteiger partial charge is 0.455 e. The predicted octanol–water partition coefficient (Wildman–Crippen LogP) is 5.42. The lowest BCUT2D eigenvalue weighted by atomic mass is 9.87. The maximum absolute atomic E-state index is 13.4. The molecule has 0 aromatic carbocycles. The smallest absolute Gasteiger partial charge is 0.309 e. The molecule has 12 atom stereocenters. The Balaban J connectivity index is 1.85. The number of carbonyl (C=O) groups is 3. The summed E-state index contributed by atoms with van der Waals surface area (Å²) in [4.78, 5) is 39.5. The van der Waals surface area contributed by atoms with Gasteiger partial charge >= 0.3 is 5.97 Å². The second-order valence-corrected chi connectivity index (χ2v) is 15.2. The van der Waals surface area contributed by atoms with Crippen LogP contribution < -0.4 is 0 Å². The molecule has 51 heavy (non-hydrogen) atoms. The van der Waals surface area contributed by atoms with Crippen LogP contribution in [0.5, 0.6) is 0 Å². The topological polar surface area (TPSA) is 160 Å². The van der Waals surface area contributed by atoms with Gasteiger partial charge in [-0.15, -0.1) is 0 Å². The molecule has 0 radical (unpaired) electrons. The van der Waals surface area contributed by atoms with Crippen LogP contribution in [0.1, 0.15) is 106 Å². The highest BCUT2D eigenvalue weighted by Gasteiger charge is 2.41. The fourth-order valence-corrected chi connectivity index (χ4v) is 7.01. The van der Waals surface area contributed by atoms with E-state index >= 15 is 0 Å². The van der Waals surface area contributed by atoms with E-state index in [0.717, 1.165) is 24.8 Å². The molecule has 2 fully saturated rings. The van der Waals surface area contributed by atoms with Gasteiger partial charge in [0.15, 0.2) is 0 Å². The minimum absolute atomic E-state index is 0.0230. The molecule has 10 heteroatoms. The Morgan fingerprint density at radius 1 is 1.00 bits per heavy atom. The lowest BCUT2D eigenvalue weighted by Gasteiger charge is -2.26. The van der Waals surface area contributed by atoms with Gasteiger partial charge in [0.25, 0.3) is 0 Å². The number of hydrogen-bond acceptors (Lipinski definition) is 10. The first-order chi connectivity index (χ1) is 24.0. The summed E-state index contributed by atoms with van der Waals surface area (Å²) in [5, 5.41) is 43.6. The Hall–Kier alpha value is -2.73. The predicted molar refractivity (Wildman–Crippen MR) is 196 cm³/mol. The van der Waals surface area contributed by atoms with Crippen LogP contribution in [0.2, 0.25) is 0 Å². The van der Waals surface area contributed by atoms with Crippen molar-refractivity contribution in [1.29, 1.82) is 0 Å². The number of esters is 1. The summed E-state index contributed by atoms with van der Waals surface area (Å²) in [6, 6.07) is 0. The Morgan fingerprint density at radius 2 is 1.71 bits per heavy atom. The van der Waals surface area contributed by atoms with Gasteiger partial charge in [0.1, 0.15) is 29.9 Å². The summed E-state index contributed by atoms with van der Waals surface area (Å²) in [5.74, 6) is -2.02. The first-order valence-corrected chi connectivity index (χ1v) is 18.7. The first kappa shape index (κ1) is 42.7. The molecule has 4 bridgehead atoms. The van der Waals surface area contributed by atoms with Crippen LogP contribution in [0, 0.1) is 17.8 Å². The van der Waals surface area contributed by atoms with Gasteiger partial charge in [-0.25, -0.2) is 0 Å². The van der Waals surface area contributed by atoms with Crippen LogP contribution >= 0.6 is 0 Å². The fraction of sp³-hybridized carbons (Fsp3) is 0.683. The Morgan fingerprint density at radius 3 is 2.39 bits per heavy atom. The van der Waals surface area contributed by atoms with Crippen LogP contribution in [-0.2, 0) is 28.6 Å². The number of Topliss-reactive ketones (excluding diaryl/α,β-unsaturated/α-hetero) is 2. The molecule has 0 saturated carbocycles. The number of cyclic esters (lactones) is 1. The van der Waals surface area contributed by atoms with Crippen LogP contribution in [0.3, 0.4) is 0 Å². The zero-order valence-electron chi connectivity index (χ0n) is 31.5. The number of hydrogen-bond donors (Lipinski definition) is 4. The zero-order chi connectivity index (χ0) is 38.0. The molecule has 10 nitrogen and oxygen atoms in total. The molecule has 0 aliphatic carbocycles. The number of ketones is 2. The van der Waals surface area contributed by atoms with Crippen molar-refractivity contribution in [1.82, 2.24) is 0 Å². The molecule has 4 N–H and O–H groups in total. The summed E-state index contributed by atoms with van der Waals surface area (Å²) in [6.45, 7) is 19.0. The van der Waals surface area contributed by atoms with E-state index in [4.69, 9.17) is 14.2 Å². The molecular weight excluding hydrogens is 652 g/mol. The normalized spacial score (nSPS) is 37.3. The van der Waals surface area contributed by atoms with Crippen molar-refractivity contribution >= 4 is 17.5 Å². The fourth-order valence-electron chi connectivity index (χ4n) is 7.01. The first-order valence-electron chi connectivity index (χ1n) is 18.7. The molecular formula is C41H62O10. The lowest BCUT2D eigenvalue weighted by molar-refractivity contribution is -0.158. The average molecular weight is 715 g/mol. The Kier molecular flexibility index (Phi) is 16.7. The molecule has 3 aliphatic rings. The quantitative estimate of drug-likeness (QED) is 0.152. The van der Waals surface area contributed by atoms with Gasteiger partial charge < -0.3 is 34.6 Å². The number of aliphatic hydroxyl groups excluding tert-OH is 4. The van der Waals surface area contributed by atoms with Crippen molar-refractivity contribution in [2.45, 2.75) is 161 Å². The SMILES string of the molecule is C=C1/C=C(\C)[C@@H](C)[C@@H](O)CC(=O)[C@@H](C)CC(=O)C[C@@H]2CC[C@@H](O2)[C@@H](/C=C/C=C(\C)[C@@H](O)C(=C)CCCC)OC(=O)C[C@@H]2O[C@H](C[C@H]2C)[C@H](O)[C@@H]1O. The van der Waals surface area contributed by atoms with Crippen molar-refractivity contribution in [2.24, 2.45) is 17.8 Å². The third-order valence-electron chi connectivity index (χ3n) is 10.8. The van der Waals surface area contributed by atoms with E-state index < -0.39 is 72.7 Å². The molecule has 286 valence electrons. The summed E-state index contributed by atoms with van der Waals surface area (Å²) in [6.07, 6.45) is 3.42. The second kappa shape index (κ2) is 19.9. The maximum Gasteiger partial charge on any atom is 0.309 e. The van der Waals surface area contributed by atoms with E-state index in [0.29, 0.717) is 30.4 Å². The monoisotopic (exact) mass is 714 g/mol. The molecule has 0 aromatic heterocycles. The molecule has 0 unspecified atom stereocenters. The van der Waals surface area contributed by atoms with Crippen molar-refractivity contribution in [2.75, 3.05) is 0 Å². The van der Waals surface area contributed by atoms with Crippen LogP contribution in [0.15, 0.2) is 59.8 Å². The minimum Gasteiger partial charge on any atom is -0.455 e. The van der Waals surface area contributed by atoms with Crippen molar-refractivity contribution in [3.8, 4) is 0 Å². The Bertz CT molecular complexity index is 1330. The molecule has 0 aromatic rings. The summed E-state index contributed by atoms with van der Waals surface area (Å²) >= 11 is 0. The number of allylic oxidation sites excluding steroid dienone is 2. The number of fused-ring (bicyclic) bond motifs is 4. The average Bonchev–Trinajstić information content (AvgIpc) is 3.70. The van der Waals surface area contributed by atoms with Crippen molar-refractivity contribution < 1.29 is 49.0 Å². The number of rotatable bonds is 7. The highest BCUT2D eigenvalue weighted by Crippen LogP contribution is 2.34. The van der Waals surface area contributed by atoms with Gasteiger partial charge in [-0.3, -0.25) is 14.4 Å². The van der Waals surface area contributed by atoms with E-state index in [1.165, 1.54) is 0 Å². The molecule has 2 saturated heterocycles. The van der Waals surface area contributed by atoms with E-state index in [2.05, 4.69) is 20.1 Å². The van der Waals surface area contributed by atoms with Gasteiger partial charge in [-0.1, -0.05) is 71.1 Å². The van der Waals surface area contributed by atoms with Crippen molar-refractivity contribution in [3.05, 3.63) is 59.8 Å². The molecule has 3 aliphatic heterocycles. The molecule has 0 amide bonds. The maximum atomic E-state index is 13.4. The molecule has 0 spiro atoms. The standard InChI is InChI=1S/C41H62O10/c1-9-10-12-23(2)39(46)24(3)13-11-14-34-35-16-15-31(49-35)20-30(42)18-26(5)32(43)21-33(44)29(8)25(4)17-28(7)40(47)41(48)37-19-27(6)36(50-37)22-38(45)51-34/h11,13-14,17,26-27,29,31,33-37,39-41,44,46-48H,2,7,9-10,12,15-16,18-22H2,1,3-6,8H3/b14-11+,24-13+,25-17+/t26-,27+,29+,31-,33-,34+,35+,36-,37+,39-,40+,41-/m0/s1. The highest BCUT2D eigenvalue weighted by atomic mass is 16.6. The minimum atomic E-state index is -1.36. The van der Waals surface area contributed by atoms with Gasteiger partial charge in [-0.05, 0) is 74.7 Å². The van der Waals surface area contributed by atoms with Crippen LogP contribution in [0.4, 0.5) is 0 Å². The van der Waals surface area contributed by atoms with E-state index in [1.807, 2.05) is 13.8 Å². The van der Waals surface area contributed by atoms with Crippen molar-refractivity contribution in [3.63, 3.8) is 0 Å². The van der Waals surface area contributed by atoms with Crippen LogP contribution in [-0.4, -0.2) is 92.9 Å². The van der Waals surface area contributed by atoms with Gasteiger partial charge in [0.05, 0.1) is 43.0 Å². The van der Waals surface area contributed by atoms with Gasteiger partial charge in [0, 0.05) is 31.1 Å². The molecule has 3 rings (SSSR count). The van der Waals surface area contributed by atoms with E-state index in [1.54, 1.807) is 45.1 Å². The van der Waals surface area contributed by atoms with Gasteiger partial charge in [0.2, 0.25) is 0 Å². The lowest BCUT2D eigenvalue weighted by Crippen LogP contribution is -2.38. The number of aliphatic hydroxyl groups is 4. The third kappa shape index (κ3) is 12.4. The third-order valence-corrected chi connectivity index (χ3v) is 10.8. The van der Waals surface area contributed by atoms with Gasteiger partial charge in [-0.2, -0.15) is 0 Å².